The van der Waals surface area contributed by atoms with Gasteiger partial charge in [0.15, 0.2) is 0 Å². The van der Waals surface area contributed by atoms with E-state index >= 15 is 0 Å². The molecule has 18 heavy (non-hydrogen) atoms. The Kier molecular flexibility index (Phi) is 2.51. The number of aromatic nitrogens is 2. The van der Waals surface area contributed by atoms with Crippen molar-refractivity contribution in [3.63, 3.8) is 0 Å². The fourth-order valence-corrected chi connectivity index (χ4v) is 4.24. The Bertz CT molecular complexity index is 447. The van der Waals surface area contributed by atoms with Crippen LogP contribution in [0, 0.1) is 17.8 Å². The van der Waals surface area contributed by atoms with Crippen molar-refractivity contribution >= 4 is 0 Å². The van der Waals surface area contributed by atoms with Crippen molar-refractivity contribution in [2.45, 2.75) is 45.1 Å². The summed E-state index contributed by atoms with van der Waals surface area (Å²) >= 11 is 0. The second-order valence-electron chi connectivity index (χ2n) is 6.26. The van der Waals surface area contributed by atoms with Gasteiger partial charge < -0.3 is 4.74 Å². The highest BCUT2D eigenvalue weighted by Gasteiger charge is 2.56. The highest BCUT2D eigenvalue weighted by molar-refractivity contribution is 5.38. The summed E-state index contributed by atoms with van der Waals surface area (Å²) in [6.45, 7) is 5.34. The van der Waals surface area contributed by atoms with Gasteiger partial charge in [0.1, 0.15) is 0 Å². The van der Waals surface area contributed by atoms with Gasteiger partial charge in [-0.1, -0.05) is 13.3 Å². The Labute approximate surface area is 109 Å². The summed E-state index contributed by atoms with van der Waals surface area (Å²) in [5.41, 5.74) is 3.14. The van der Waals surface area contributed by atoms with Crippen LogP contribution in [0.25, 0.3) is 0 Å². The fourth-order valence-electron chi connectivity index (χ4n) is 4.24. The summed E-state index contributed by atoms with van der Waals surface area (Å²) < 4.78 is 7.78. The van der Waals surface area contributed by atoms with Crippen LogP contribution in [0.5, 0.6) is 0 Å². The number of fused-ring (bicyclic) bond motifs is 3. The molecule has 0 radical (unpaired) electrons. The van der Waals surface area contributed by atoms with Crippen LogP contribution < -0.4 is 0 Å². The molecule has 1 saturated heterocycles. The van der Waals surface area contributed by atoms with E-state index in [1.807, 2.05) is 0 Å². The van der Waals surface area contributed by atoms with Crippen molar-refractivity contribution in [1.82, 2.24) is 9.78 Å². The first-order valence-electron chi connectivity index (χ1n) is 7.50. The lowest BCUT2D eigenvalue weighted by molar-refractivity contribution is 0.0598. The largest absolute Gasteiger partial charge is 0.381 e. The van der Waals surface area contributed by atoms with Gasteiger partial charge in [-0.2, -0.15) is 5.10 Å². The Hall–Kier alpha value is -0.830. The highest BCUT2D eigenvalue weighted by Crippen LogP contribution is 2.62. The predicted octanol–water partition coefficient (Wildman–Crippen LogP) is 2.61. The molecule has 2 heterocycles. The SMILES string of the molecule is CCC1[C@H]2Cc3cnn(CC4CCOCC4)c3[C@H]12. The molecule has 0 aromatic carbocycles. The molecule has 0 amide bonds. The summed E-state index contributed by atoms with van der Waals surface area (Å²) in [4.78, 5) is 0. The summed E-state index contributed by atoms with van der Waals surface area (Å²) in [6.07, 6.45) is 7.19. The van der Waals surface area contributed by atoms with Gasteiger partial charge in [-0.25, -0.2) is 0 Å². The van der Waals surface area contributed by atoms with Gasteiger partial charge in [0.25, 0.3) is 0 Å². The van der Waals surface area contributed by atoms with Gasteiger partial charge >= 0.3 is 0 Å². The molecular weight excluding hydrogens is 224 g/mol. The lowest BCUT2D eigenvalue weighted by atomic mass is 10.00. The van der Waals surface area contributed by atoms with E-state index in [0.29, 0.717) is 0 Å². The molecule has 3 aliphatic rings. The average Bonchev–Trinajstić information content (AvgIpc) is 2.75. The van der Waals surface area contributed by atoms with Gasteiger partial charge in [-0.05, 0) is 42.6 Å². The molecule has 0 bridgehead atoms. The van der Waals surface area contributed by atoms with Gasteiger partial charge in [0.05, 0.1) is 6.20 Å². The first-order chi connectivity index (χ1) is 8.88. The Morgan fingerprint density at radius 2 is 2.22 bits per heavy atom. The summed E-state index contributed by atoms with van der Waals surface area (Å²) in [5.74, 6) is 3.56. The minimum absolute atomic E-state index is 0.778. The Balaban J connectivity index is 1.53. The van der Waals surface area contributed by atoms with Gasteiger partial charge in [0, 0.05) is 31.4 Å². The van der Waals surface area contributed by atoms with E-state index < -0.39 is 0 Å². The van der Waals surface area contributed by atoms with E-state index in [1.165, 1.54) is 25.7 Å². The van der Waals surface area contributed by atoms with Gasteiger partial charge in [-0.15, -0.1) is 0 Å². The number of hydrogen-bond acceptors (Lipinski definition) is 2. The molecule has 3 nitrogen and oxygen atoms in total. The van der Waals surface area contributed by atoms with E-state index in [-0.39, 0.29) is 0 Å². The minimum Gasteiger partial charge on any atom is -0.381 e. The van der Waals surface area contributed by atoms with Gasteiger partial charge in [0.2, 0.25) is 0 Å². The fraction of sp³-hybridized carbons (Fsp3) is 0.800. The number of rotatable bonds is 3. The molecular formula is C15H22N2O. The van der Waals surface area contributed by atoms with Crippen molar-refractivity contribution in [1.29, 1.82) is 0 Å². The molecule has 1 aromatic rings. The predicted molar refractivity (Wildman–Crippen MR) is 69.5 cm³/mol. The summed E-state index contributed by atoms with van der Waals surface area (Å²) in [6, 6.07) is 0. The maximum absolute atomic E-state index is 5.45. The van der Waals surface area contributed by atoms with E-state index in [4.69, 9.17) is 4.74 Å². The maximum atomic E-state index is 5.45. The van der Waals surface area contributed by atoms with E-state index in [2.05, 4.69) is 22.9 Å². The highest BCUT2D eigenvalue weighted by atomic mass is 16.5. The van der Waals surface area contributed by atoms with Crippen molar-refractivity contribution in [3.8, 4) is 0 Å². The van der Waals surface area contributed by atoms with E-state index in [0.717, 1.165) is 43.4 Å². The molecule has 2 fully saturated rings. The van der Waals surface area contributed by atoms with Crippen LogP contribution in [0.4, 0.5) is 0 Å². The second-order valence-corrected chi connectivity index (χ2v) is 6.26. The lowest BCUT2D eigenvalue weighted by Gasteiger charge is -2.22. The third kappa shape index (κ3) is 1.56. The molecule has 1 aliphatic heterocycles. The maximum Gasteiger partial charge on any atom is 0.0524 e. The molecule has 1 aromatic heterocycles. The van der Waals surface area contributed by atoms with Crippen LogP contribution in [0.2, 0.25) is 0 Å². The molecule has 0 N–H and O–H groups in total. The van der Waals surface area contributed by atoms with Gasteiger partial charge in [-0.3, -0.25) is 4.68 Å². The monoisotopic (exact) mass is 246 g/mol. The molecule has 3 heteroatoms. The molecule has 1 unspecified atom stereocenters. The Morgan fingerprint density at radius 1 is 1.39 bits per heavy atom. The lowest BCUT2D eigenvalue weighted by Crippen LogP contribution is -2.21. The van der Waals surface area contributed by atoms with Crippen molar-refractivity contribution < 1.29 is 4.74 Å². The molecule has 1 saturated carbocycles. The number of nitrogens with zero attached hydrogens (tertiary/aromatic N) is 2. The molecule has 2 aliphatic carbocycles. The van der Waals surface area contributed by atoms with E-state index in [9.17, 15) is 0 Å². The zero-order chi connectivity index (χ0) is 12.1. The number of hydrogen-bond donors (Lipinski definition) is 0. The van der Waals surface area contributed by atoms with Crippen LogP contribution in [0.15, 0.2) is 6.20 Å². The minimum atomic E-state index is 0.778. The summed E-state index contributed by atoms with van der Waals surface area (Å²) in [5, 5.41) is 4.65. The summed E-state index contributed by atoms with van der Waals surface area (Å²) in [7, 11) is 0. The molecule has 4 rings (SSSR count). The van der Waals surface area contributed by atoms with Crippen molar-refractivity contribution in [3.05, 3.63) is 17.5 Å². The molecule has 0 spiro atoms. The second kappa shape index (κ2) is 4.09. The quantitative estimate of drug-likeness (QED) is 0.819. The third-order valence-corrected chi connectivity index (χ3v) is 5.31. The zero-order valence-electron chi connectivity index (χ0n) is 11.1. The average molecular weight is 246 g/mol. The van der Waals surface area contributed by atoms with Crippen LogP contribution in [-0.2, 0) is 17.7 Å². The van der Waals surface area contributed by atoms with Crippen molar-refractivity contribution in [2.75, 3.05) is 13.2 Å². The Morgan fingerprint density at radius 3 is 3.00 bits per heavy atom. The zero-order valence-corrected chi connectivity index (χ0v) is 11.1. The van der Waals surface area contributed by atoms with E-state index in [1.54, 1.807) is 11.3 Å². The first-order valence-corrected chi connectivity index (χ1v) is 7.50. The van der Waals surface area contributed by atoms with Crippen LogP contribution in [0.1, 0.15) is 43.4 Å². The van der Waals surface area contributed by atoms with Crippen LogP contribution >= 0.6 is 0 Å². The smallest absolute Gasteiger partial charge is 0.0524 e. The molecule has 3 atom stereocenters. The third-order valence-electron chi connectivity index (χ3n) is 5.31. The van der Waals surface area contributed by atoms with Crippen molar-refractivity contribution in [2.24, 2.45) is 17.8 Å². The molecule has 98 valence electrons. The van der Waals surface area contributed by atoms with Crippen LogP contribution in [0.3, 0.4) is 0 Å². The topological polar surface area (TPSA) is 27.1 Å². The normalized spacial score (nSPS) is 34.4. The standard InChI is InChI=1S/C15H22N2O/c1-2-12-13-7-11-8-16-17(15(11)14(12)13)9-10-3-5-18-6-4-10/h8,10,12-14H,2-7,9H2,1H3/t12?,13-,14-/m1/s1. The van der Waals surface area contributed by atoms with Crippen LogP contribution in [-0.4, -0.2) is 23.0 Å². The first kappa shape index (κ1) is 11.0. The number of ether oxygens (including phenoxy) is 1.